The summed E-state index contributed by atoms with van der Waals surface area (Å²) >= 11 is 0. The van der Waals surface area contributed by atoms with Crippen LogP contribution in [0.15, 0.2) is 127 Å². The Morgan fingerprint density at radius 2 is 1.51 bits per heavy atom. The molecule has 2 fully saturated rings. The van der Waals surface area contributed by atoms with E-state index in [0.29, 0.717) is 24.3 Å². The van der Waals surface area contributed by atoms with Crippen molar-refractivity contribution < 1.29 is 24.2 Å². The van der Waals surface area contributed by atoms with E-state index in [-0.39, 0.29) is 24.3 Å². The minimum Gasteiger partial charge on any atom is -0.394 e. The Balaban J connectivity index is 1.24. The smallest absolute Gasteiger partial charge is 0.253 e. The summed E-state index contributed by atoms with van der Waals surface area (Å²) in [6.45, 7) is 0.646. The van der Waals surface area contributed by atoms with Gasteiger partial charge in [-0.3, -0.25) is 14.4 Å². The zero-order valence-corrected chi connectivity index (χ0v) is 25.8. The average molecular weight is 626 g/mol. The number of carbonyl (C=O) groups excluding carboxylic acids is 3. The standard InChI is InChI=1S/C39H35N3O5/c43-25-31(28-14-5-2-6-15-28)42-35-38(46)41(30-19-18-27-13-7-8-16-29(27)23-30)22-10-20-39(35)34(37(42)45)33-32(47-39)17-9-21-40(36(33)44)24-26-11-3-1-4-12-26/h1-20,23,31-35,43H,21-22,24-25H2/t31-,32+,33-,34+,35?,39+/m1/s1. The summed E-state index contributed by atoms with van der Waals surface area (Å²) in [5.41, 5.74) is 0.973. The fourth-order valence-corrected chi connectivity index (χ4v) is 8.02. The Labute approximate surface area is 273 Å². The van der Waals surface area contributed by atoms with Gasteiger partial charge in [0, 0.05) is 25.3 Å². The van der Waals surface area contributed by atoms with E-state index in [9.17, 15) is 19.5 Å². The van der Waals surface area contributed by atoms with E-state index in [4.69, 9.17) is 4.74 Å². The maximum atomic E-state index is 15.0. The van der Waals surface area contributed by atoms with E-state index in [1.165, 1.54) is 4.90 Å². The molecule has 4 aliphatic heterocycles. The van der Waals surface area contributed by atoms with Crippen LogP contribution in [0.5, 0.6) is 0 Å². The Morgan fingerprint density at radius 1 is 0.787 bits per heavy atom. The molecule has 2 saturated heterocycles. The number of nitrogens with zero attached hydrogens (tertiary/aromatic N) is 3. The molecule has 4 aliphatic rings. The molecular formula is C39H35N3O5. The van der Waals surface area contributed by atoms with Crippen molar-refractivity contribution in [1.82, 2.24) is 9.80 Å². The third-order valence-corrected chi connectivity index (χ3v) is 10.1. The second-order valence-corrected chi connectivity index (χ2v) is 12.7. The van der Waals surface area contributed by atoms with E-state index >= 15 is 0 Å². The topological polar surface area (TPSA) is 90.4 Å². The lowest BCUT2D eigenvalue weighted by molar-refractivity contribution is -0.147. The summed E-state index contributed by atoms with van der Waals surface area (Å²) in [6.07, 6.45) is 6.84. The highest BCUT2D eigenvalue weighted by Gasteiger charge is 2.72. The number of benzene rings is 4. The number of ether oxygens (including phenoxy) is 1. The maximum Gasteiger partial charge on any atom is 0.253 e. The molecule has 4 aromatic carbocycles. The highest BCUT2D eigenvalue weighted by Crippen LogP contribution is 2.55. The zero-order chi connectivity index (χ0) is 32.1. The molecule has 236 valence electrons. The normalized spacial score (nSPS) is 27.4. The number of aliphatic hydroxyl groups is 1. The molecule has 47 heavy (non-hydrogen) atoms. The van der Waals surface area contributed by atoms with E-state index in [2.05, 4.69) is 0 Å². The molecule has 0 radical (unpaired) electrons. The average Bonchev–Trinajstić information content (AvgIpc) is 3.43. The van der Waals surface area contributed by atoms with Crippen LogP contribution in [0.3, 0.4) is 0 Å². The third-order valence-electron chi connectivity index (χ3n) is 10.1. The number of carbonyl (C=O) groups is 3. The largest absolute Gasteiger partial charge is 0.394 e. The van der Waals surface area contributed by atoms with Gasteiger partial charge in [0.25, 0.3) is 5.91 Å². The van der Waals surface area contributed by atoms with Gasteiger partial charge in [-0.25, -0.2) is 0 Å². The van der Waals surface area contributed by atoms with Crippen LogP contribution in [0.1, 0.15) is 17.2 Å². The van der Waals surface area contributed by atoms with Crippen LogP contribution in [0.2, 0.25) is 0 Å². The van der Waals surface area contributed by atoms with Crippen molar-refractivity contribution in [2.75, 3.05) is 24.6 Å². The van der Waals surface area contributed by atoms with Crippen LogP contribution in [0, 0.1) is 11.8 Å². The lowest BCUT2D eigenvalue weighted by atomic mass is 9.77. The zero-order valence-electron chi connectivity index (χ0n) is 25.8. The number of hydrogen-bond donors (Lipinski definition) is 1. The summed E-state index contributed by atoms with van der Waals surface area (Å²) in [6, 6.07) is 30.9. The predicted molar refractivity (Wildman–Crippen MR) is 178 cm³/mol. The molecule has 8 rings (SSSR count). The van der Waals surface area contributed by atoms with Gasteiger partial charge in [0.05, 0.1) is 30.6 Å². The monoisotopic (exact) mass is 625 g/mol. The quantitative estimate of drug-likeness (QED) is 0.315. The first-order valence-electron chi connectivity index (χ1n) is 16.1. The Bertz CT molecular complexity index is 1910. The second kappa shape index (κ2) is 11.6. The van der Waals surface area contributed by atoms with Gasteiger partial charge in [0.2, 0.25) is 11.8 Å². The van der Waals surface area contributed by atoms with Gasteiger partial charge >= 0.3 is 0 Å². The lowest BCUT2D eigenvalue weighted by Crippen LogP contribution is -2.56. The van der Waals surface area contributed by atoms with Crippen molar-refractivity contribution in [1.29, 1.82) is 0 Å². The number of amides is 3. The molecule has 8 heteroatoms. The first-order valence-corrected chi connectivity index (χ1v) is 16.1. The number of hydrogen-bond acceptors (Lipinski definition) is 5. The minimum atomic E-state index is -1.41. The number of anilines is 1. The van der Waals surface area contributed by atoms with E-state index in [1.54, 1.807) is 9.80 Å². The molecule has 8 nitrogen and oxygen atoms in total. The fraction of sp³-hybridized carbons (Fsp3) is 0.256. The van der Waals surface area contributed by atoms with Gasteiger partial charge in [0.15, 0.2) is 0 Å². The van der Waals surface area contributed by atoms with Crippen LogP contribution < -0.4 is 4.90 Å². The Morgan fingerprint density at radius 3 is 2.28 bits per heavy atom. The van der Waals surface area contributed by atoms with Gasteiger partial charge in [-0.15, -0.1) is 0 Å². The van der Waals surface area contributed by atoms with Crippen molar-refractivity contribution in [3.8, 4) is 0 Å². The summed E-state index contributed by atoms with van der Waals surface area (Å²) in [5, 5.41) is 12.9. The van der Waals surface area contributed by atoms with Crippen LogP contribution in [0.25, 0.3) is 10.8 Å². The molecule has 0 saturated carbocycles. The summed E-state index contributed by atoms with van der Waals surface area (Å²) < 4.78 is 6.85. The molecule has 4 heterocycles. The van der Waals surface area contributed by atoms with Gasteiger partial charge in [-0.1, -0.05) is 115 Å². The number of likely N-dealkylation sites (tertiary alicyclic amines) is 1. The van der Waals surface area contributed by atoms with Crippen LogP contribution in [-0.4, -0.2) is 70.1 Å². The molecule has 1 N–H and O–H groups in total. The lowest BCUT2D eigenvalue weighted by Gasteiger charge is -2.38. The van der Waals surface area contributed by atoms with Gasteiger partial charge in [-0.2, -0.15) is 0 Å². The molecule has 0 bridgehead atoms. The number of fused-ring (bicyclic) bond motifs is 3. The van der Waals surface area contributed by atoms with Gasteiger partial charge in [-0.05, 0) is 34.0 Å². The molecule has 3 amide bonds. The minimum absolute atomic E-state index is 0.184. The number of aliphatic hydroxyl groups excluding tert-OH is 1. The Hall–Kier alpha value is -5.05. The molecule has 0 aliphatic carbocycles. The van der Waals surface area contributed by atoms with E-state index in [1.807, 2.05) is 127 Å². The van der Waals surface area contributed by atoms with Crippen LogP contribution >= 0.6 is 0 Å². The predicted octanol–water partition coefficient (Wildman–Crippen LogP) is 4.66. The summed E-state index contributed by atoms with van der Waals surface area (Å²) in [4.78, 5) is 49.3. The molecule has 6 atom stereocenters. The summed E-state index contributed by atoms with van der Waals surface area (Å²) in [7, 11) is 0. The highest BCUT2D eigenvalue weighted by molar-refractivity contribution is 6.06. The molecule has 0 aromatic heterocycles. The first kappa shape index (κ1) is 29.4. The summed E-state index contributed by atoms with van der Waals surface area (Å²) in [5.74, 6) is -2.66. The first-order chi connectivity index (χ1) is 23.0. The van der Waals surface area contributed by atoms with Crippen molar-refractivity contribution in [3.63, 3.8) is 0 Å². The third kappa shape index (κ3) is 4.70. The van der Waals surface area contributed by atoms with Crippen molar-refractivity contribution in [2.24, 2.45) is 11.8 Å². The number of rotatable bonds is 6. The fourth-order valence-electron chi connectivity index (χ4n) is 8.02. The maximum absolute atomic E-state index is 15.0. The van der Waals surface area contributed by atoms with Crippen molar-refractivity contribution in [3.05, 3.63) is 139 Å². The van der Waals surface area contributed by atoms with E-state index in [0.717, 1.165) is 16.3 Å². The van der Waals surface area contributed by atoms with Crippen molar-refractivity contribution >= 4 is 34.2 Å². The second-order valence-electron chi connectivity index (χ2n) is 12.7. The molecule has 1 unspecified atom stereocenters. The molecular weight excluding hydrogens is 590 g/mol. The van der Waals surface area contributed by atoms with Gasteiger partial charge < -0.3 is 24.5 Å². The Kier molecular flexibility index (Phi) is 7.27. The van der Waals surface area contributed by atoms with Crippen LogP contribution in [0.4, 0.5) is 5.69 Å². The highest BCUT2D eigenvalue weighted by atomic mass is 16.5. The molecule has 4 aromatic rings. The van der Waals surface area contributed by atoms with Crippen molar-refractivity contribution in [2.45, 2.75) is 30.3 Å². The molecule has 1 spiro atoms. The van der Waals surface area contributed by atoms with E-state index < -0.39 is 42.2 Å². The SMILES string of the molecule is O=C1[C@@H]2[C@H](C=CCN1Cc1ccccc1)O[C@]13C=CCN(c4ccc5ccccc5c4)C(=O)C1N([C@H](CO)c1ccccc1)C(=O)[C@H]23. The van der Waals surface area contributed by atoms with Gasteiger partial charge in [0.1, 0.15) is 11.6 Å². The van der Waals surface area contributed by atoms with Crippen LogP contribution in [-0.2, 0) is 25.7 Å².